The molecular weight excluding hydrogens is 190 g/mol. The zero-order chi connectivity index (χ0) is 12.3. The largest absolute Gasteiger partial charge is 0.481 e. The molecule has 0 saturated heterocycles. The normalized spacial score (nSPS) is 15.1. The lowest BCUT2D eigenvalue weighted by atomic mass is 9.74. The molecule has 0 radical (unpaired) electrons. The molecule has 1 atom stereocenters. The van der Waals surface area contributed by atoms with E-state index in [9.17, 15) is 9.90 Å². The molecule has 0 fully saturated rings. The van der Waals surface area contributed by atoms with Crippen LogP contribution in [0.3, 0.4) is 0 Å². The van der Waals surface area contributed by atoms with Crippen LogP contribution in [-0.4, -0.2) is 22.7 Å². The molecule has 0 heterocycles. The zero-order valence-electron chi connectivity index (χ0n) is 10.8. The van der Waals surface area contributed by atoms with E-state index in [2.05, 4.69) is 19.2 Å². The number of rotatable bonds is 6. The van der Waals surface area contributed by atoms with Gasteiger partial charge in [0.25, 0.3) is 0 Å². The summed E-state index contributed by atoms with van der Waals surface area (Å²) < 4.78 is 0. The summed E-state index contributed by atoms with van der Waals surface area (Å²) >= 11 is 0. The number of aliphatic carboxylic acids is 1. The molecule has 2 N–H and O–H groups in total. The lowest BCUT2D eigenvalue weighted by molar-refractivity contribution is -0.151. The second kappa shape index (κ2) is 4.97. The predicted molar refractivity (Wildman–Crippen MR) is 63.0 cm³/mol. The minimum Gasteiger partial charge on any atom is -0.481 e. The van der Waals surface area contributed by atoms with Crippen LogP contribution in [0, 0.1) is 5.41 Å². The van der Waals surface area contributed by atoms with E-state index in [-0.39, 0.29) is 0 Å². The number of carboxylic acid groups (broad SMARTS) is 1. The third kappa shape index (κ3) is 3.49. The number of carbonyl (C=O) groups is 1. The minimum absolute atomic E-state index is 0.351. The molecule has 0 aromatic carbocycles. The van der Waals surface area contributed by atoms with E-state index in [1.165, 1.54) is 0 Å². The SMILES string of the molecule is CCCC(C)NC(C)(C)C(C)(C)C(=O)O. The van der Waals surface area contributed by atoms with E-state index in [4.69, 9.17) is 0 Å². The molecule has 0 bridgehead atoms. The van der Waals surface area contributed by atoms with Crippen molar-refractivity contribution in [3.05, 3.63) is 0 Å². The fourth-order valence-electron chi connectivity index (χ4n) is 1.57. The van der Waals surface area contributed by atoms with Gasteiger partial charge in [-0.15, -0.1) is 0 Å². The van der Waals surface area contributed by atoms with Gasteiger partial charge in [0, 0.05) is 11.6 Å². The van der Waals surface area contributed by atoms with Crippen LogP contribution in [0.25, 0.3) is 0 Å². The highest BCUT2D eigenvalue weighted by atomic mass is 16.4. The molecule has 90 valence electrons. The Morgan fingerprint density at radius 3 is 2.13 bits per heavy atom. The van der Waals surface area contributed by atoms with Gasteiger partial charge in [0.1, 0.15) is 0 Å². The summed E-state index contributed by atoms with van der Waals surface area (Å²) in [4.78, 5) is 11.2. The molecule has 15 heavy (non-hydrogen) atoms. The summed E-state index contributed by atoms with van der Waals surface area (Å²) in [5.41, 5.74) is -1.18. The molecule has 0 rings (SSSR count). The van der Waals surface area contributed by atoms with Crippen molar-refractivity contribution in [3.63, 3.8) is 0 Å². The van der Waals surface area contributed by atoms with Gasteiger partial charge >= 0.3 is 5.97 Å². The molecule has 0 aliphatic carbocycles. The smallest absolute Gasteiger partial charge is 0.310 e. The average molecular weight is 215 g/mol. The van der Waals surface area contributed by atoms with Gasteiger partial charge in [-0.25, -0.2) is 0 Å². The van der Waals surface area contributed by atoms with E-state index < -0.39 is 16.9 Å². The lowest BCUT2D eigenvalue weighted by Crippen LogP contribution is -2.57. The van der Waals surface area contributed by atoms with E-state index >= 15 is 0 Å². The lowest BCUT2D eigenvalue weighted by Gasteiger charge is -2.41. The molecule has 0 aromatic heterocycles. The Labute approximate surface area is 93.3 Å². The van der Waals surface area contributed by atoms with Crippen LogP contribution >= 0.6 is 0 Å². The van der Waals surface area contributed by atoms with Gasteiger partial charge in [-0.3, -0.25) is 4.79 Å². The molecular formula is C12H25NO2. The minimum atomic E-state index is -0.769. The molecule has 0 aliphatic rings. The van der Waals surface area contributed by atoms with Crippen LogP contribution in [0.4, 0.5) is 0 Å². The first-order chi connectivity index (χ1) is 6.65. The van der Waals surface area contributed by atoms with Crippen LogP contribution in [0.15, 0.2) is 0 Å². The Morgan fingerprint density at radius 1 is 1.33 bits per heavy atom. The molecule has 0 aliphatic heterocycles. The van der Waals surface area contributed by atoms with E-state index in [1.807, 2.05) is 13.8 Å². The van der Waals surface area contributed by atoms with E-state index in [0.717, 1.165) is 12.8 Å². The Kier molecular flexibility index (Phi) is 4.78. The van der Waals surface area contributed by atoms with Crippen LogP contribution in [-0.2, 0) is 4.79 Å². The first-order valence-corrected chi connectivity index (χ1v) is 5.66. The summed E-state index contributed by atoms with van der Waals surface area (Å²) in [5.74, 6) is -0.760. The number of hydrogen-bond acceptors (Lipinski definition) is 2. The fraction of sp³-hybridized carbons (Fsp3) is 0.917. The van der Waals surface area contributed by atoms with Crippen LogP contribution in [0.5, 0.6) is 0 Å². The van der Waals surface area contributed by atoms with Crippen LogP contribution < -0.4 is 5.32 Å². The molecule has 3 heteroatoms. The topological polar surface area (TPSA) is 49.3 Å². The van der Waals surface area contributed by atoms with Crippen molar-refractivity contribution in [1.29, 1.82) is 0 Å². The molecule has 0 saturated carbocycles. The quantitative estimate of drug-likeness (QED) is 0.716. The van der Waals surface area contributed by atoms with Gasteiger partial charge in [-0.2, -0.15) is 0 Å². The maximum Gasteiger partial charge on any atom is 0.310 e. The molecule has 3 nitrogen and oxygen atoms in total. The Bertz CT molecular complexity index is 222. The number of hydrogen-bond donors (Lipinski definition) is 2. The summed E-state index contributed by atoms with van der Waals surface area (Å²) in [6.45, 7) is 11.7. The monoisotopic (exact) mass is 215 g/mol. The predicted octanol–water partition coefficient (Wildman–Crippen LogP) is 2.65. The van der Waals surface area contributed by atoms with Crippen molar-refractivity contribution in [3.8, 4) is 0 Å². The molecule has 0 spiro atoms. The maximum absolute atomic E-state index is 11.2. The van der Waals surface area contributed by atoms with Crippen molar-refractivity contribution in [1.82, 2.24) is 5.32 Å². The van der Waals surface area contributed by atoms with Gasteiger partial charge in [0.05, 0.1) is 5.41 Å². The van der Waals surface area contributed by atoms with Gasteiger partial charge in [-0.05, 0) is 41.0 Å². The summed E-state index contributed by atoms with van der Waals surface area (Å²) in [5, 5.41) is 12.6. The second-order valence-electron chi connectivity index (χ2n) is 5.39. The third-order valence-corrected chi connectivity index (χ3v) is 3.43. The molecule has 0 aromatic rings. The molecule has 0 amide bonds. The van der Waals surface area contributed by atoms with Gasteiger partial charge < -0.3 is 10.4 Å². The third-order valence-electron chi connectivity index (χ3n) is 3.43. The van der Waals surface area contributed by atoms with Crippen LogP contribution in [0.2, 0.25) is 0 Å². The fourth-order valence-corrected chi connectivity index (χ4v) is 1.57. The van der Waals surface area contributed by atoms with Crippen molar-refractivity contribution in [2.24, 2.45) is 5.41 Å². The standard InChI is InChI=1S/C12H25NO2/c1-7-8-9(2)13-12(5,6)11(3,4)10(14)15/h9,13H,7-8H2,1-6H3,(H,14,15). The highest BCUT2D eigenvalue weighted by molar-refractivity contribution is 5.75. The first-order valence-electron chi connectivity index (χ1n) is 5.66. The first kappa shape index (κ1) is 14.4. The van der Waals surface area contributed by atoms with Crippen LogP contribution in [0.1, 0.15) is 54.4 Å². The molecule has 1 unspecified atom stereocenters. The average Bonchev–Trinajstić information content (AvgIpc) is 2.02. The van der Waals surface area contributed by atoms with E-state index in [0.29, 0.717) is 6.04 Å². The van der Waals surface area contributed by atoms with Crippen molar-refractivity contribution < 1.29 is 9.90 Å². The number of nitrogens with one attached hydrogen (secondary N) is 1. The highest BCUT2D eigenvalue weighted by Gasteiger charge is 2.43. The van der Waals surface area contributed by atoms with Gasteiger partial charge in [0.2, 0.25) is 0 Å². The Morgan fingerprint density at radius 2 is 1.80 bits per heavy atom. The summed E-state index contributed by atoms with van der Waals surface area (Å²) in [7, 11) is 0. The van der Waals surface area contributed by atoms with Crippen molar-refractivity contribution in [2.75, 3.05) is 0 Å². The Balaban J connectivity index is 4.60. The van der Waals surface area contributed by atoms with E-state index in [1.54, 1.807) is 13.8 Å². The maximum atomic E-state index is 11.2. The van der Waals surface area contributed by atoms with Gasteiger partial charge in [-0.1, -0.05) is 13.3 Å². The van der Waals surface area contributed by atoms with Crippen molar-refractivity contribution in [2.45, 2.75) is 66.0 Å². The van der Waals surface area contributed by atoms with Gasteiger partial charge in [0.15, 0.2) is 0 Å². The highest BCUT2D eigenvalue weighted by Crippen LogP contribution is 2.31. The zero-order valence-corrected chi connectivity index (χ0v) is 10.8. The number of carboxylic acids is 1. The van der Waals surface area contributed by atoms with Crippen molar-refractivity contribution >= 4 is 5.97 Å². The summed E-state index contributed by atoms with van der Waals surface area (Å²) in [6.07, 6.45) is 2.18. The Hall–Kier alpha value is -0.570. The summed E-state index contributed by atoms with van der Waals surface area (Å²) in [6, 6.07) is 0.351. The second-order valence-corrected chi connectivity index (χ2v) is 5.39.